The Kier molecular flexibility index (Phi) is 3.77. The van der Waals surface area contributed by atoms with Crippen LogP contribution in [-0.4, -0.2) is 24.0 Å². The van der Waals surface area contributed by atoms with Crippen molar-refractivity contribution in [2.24, 2.45) is 0 Å². The molecule has 0 radical (unpaired) electrons. The van der Waals surface area contributed by atoms with Gasteiger partial charge in [0.1, 0.15) is 0 Å². The average molecular weight is 305 g/mol. The summed E-state index contributed by atoms with van der Waals surface area (Å²) in [5.74, 6) is 1.29. The van der Waals surface area contributed by atoms with Gasteiger partial charge in [-0.05, 0) is 57.2 Å². The summed E-state index contributed by atoms with van der Waals surface area (Å²) in [4.78, 5) is 2.66. The Labute approximate surface area is 140 Å². The lowest BCUT2D eigenvalue weighted by Crippen LogP contribution is -2.44. The Morgan fingerprint density at radius 1 is 0.783 bits per heavy atom. The molecule has 2 fully saturated rings. The molecule has 2 aromatic carbocycles. The highest BCUT2D eigenvalue weighted by Crippen LogP contribution is 2.50. The van der Waals surface area contributed by atoms with Crippen molar-refractivity contribution >= 4 is 0 Å². The van der Waals surface area contributed by atoms with E-state index < -0.39 is 0 Å². The Balaban J connectivity index is 1.76. The number of hydrogen-bond acceptors (Lipinski definition) is 1. The molecule has 2 heterocycles. The van der Waals surface area contributed by atoms with E-state index in [4.69, 9.17) is 0 Å². The van der Waals surface area contributed by atoms with Crippen LogP contribution >= 0.6 is 0 Å². The maximum atomic E-state index is 2.66. The summed E-state index contributed by atoms with van der Waals surface area (Å²) < 4.78 is 0. The van der Waals surface area contributed by atoms with Crippen molar-refractivity contribution in [2.75, 3.05) is 7.05 Å². The molecule has 0 spiro atoms. The molecular weight excluding hydrogens is 278 g/mol. The maximum Gasteiger partial charge on any atom is 0.0170 e. The van der Waals surface area contributed by atoms with Crippen LogP contribution in [0.4, 0.5) is 0 Å². The lowest BCUT2D eigenvalue weighted by atomic mass is 9.72. The SMILES string of the molecule is Cc1ccc(C2CC3CCC(C2c2ccc(C)cc2)N3C)cc1. The molecule has 2 saturated heterocycles. The van der Waals surface area contributed by atoms with Crippen LogP contribution in [0, 0.1) is 13.8 Å². The summed E-state index contributed by atoms with van der Waals surface area (Å²) in [5.41, 5.74) is 5.77. The molecule has 4 rings (SSSR count). The minimum absolute atomic E-state index is 0.627. The van der Waals surface area contributed by atoms with Crippen LogP contribution in [0.2, 0.25) is 0 Å². The number of rotatable bonds is 2. The molecule has 1 heteroatoms. The first-order valence-electron chi connectivity index (χ1n) is 8.98. The van der Waals surface area contributed by atoms with Crippen LogP contribution in [-0.2, 0) is 0 Å². The van der Waals surface area contributed by atoms with Crippen LogP contribution in [0.25, 0.3) is 0 Å². The van der Waals surface area contributed by atoms with Crippen molar-refractivity contribution in [3.63, 3.8) is 0 Å². The molecule has 2 aliphatic heterocycles. The van der Waals surface area contributed by atoms with E-state index in [9.17, 15) is 0 Å². The number of benzene rings is 2. The number of likely N-dealkylation sites (N-methyl/N-ethyl adjacent to an activating group) is 1. The Morgan fingerprint density at radius 2 is 1.35 bits per heavy atom. The molecule has 0 N–H and O–H groups in total. The second kappa shape index (κ2) is 5.79. The van der Waals surface area contributed by atoms with Gasteiger partial charge < -0.3 is 0 Å². The van der Waals surface area contributed by atoms with E-state index in [1.807, 2.05) is 0 Å². The minimum atomic E-state index is 0.627. The summed E-state index contributed by atoms with van der Waals surface area (Å²) in [6.07, 6.45) is 4.02. The Hall–Kier alpha value is -1.60. The van der Waals surface area contributed by atoms with Crippen molar-refractivity contribution < 1.29 is 0 Å². The summed E-state index contributed by atoms with van der Waals surface area (Å²) in [5, 5.41) is 0. The fraction of sp³-hybridized carbons (Fsp3) is 0.455. The standard InChI is InChI=1S/C22H27N/c1-15-4-8-17(9-5-15)20-14-19-12-13-21(23(19)3)22(20)18-10-6-16(2)7-11-18/h4-11,19-22H,12-14H2,1-3H3. The number of fused-ring (bicyclic) bond motifs is 2. The molecule has 2 aliphatic rings. The number of nitrogens with zero attached hydrogens (tertiary/aromatic N) is 1. The molecule has 4 atom stereocenters. The van der Waals surface area contributed by atoms with E-state index >= 15 is 0 Å². The predicted octanol–water partition coefficient (Wildman–Crippen LogP) is 5.04. The zero-order valence-corrected chi connectivity index (χ0v) is 14.5. The van der Waals surface area contributed by atoms with Crippen LogP contribution in [0.1, 0.15) is 53.4 Å². The maximum absolute atomic E-state index is 2.66. The monoisotopic (exact) mass is 305 g/mol. The molecule has 0 aliphatic carbocycles. The third kappa shape index (κ3) is 2.61. The molecule has 23 heavy (non-hydrogen) atoms. The highest BCUT2D eigenvalue weighted by atomic mass is 15.2. The predicted molar refractivity (Wildman–Crippen MR) is 97.0 cm³/mol. The largest absolute Gasteiger partial charge is 0.300 e. The minimum Gasteiger partial charge on any atom is -0.300 e. The topological polar surface area (TPSA) is 3.24 Å². The van der Waals surface area contributed by atoms with E-state index in [0.717, 1.165) is 6.04 Å². The lowest BCUT2D eigenvalue weighted by Gasteiger charge is -2.43. The van der Waals surface area contributed by atoms with Gasteiger partial charge in [0.25, 0.3) is 0 Å². The Morgan fingerprint density at radius 3 is 1.96 bits per heavy atom. The van der Waals surface area contributed by atoms with Gasteiger partial charge in [0.05, 0.1) is 0 Å². The summed E-state index contributed by atoms with van der Waals surface area (Å²) in [7, 11) is 2.34. The molecule has 0 saturated carbocycles. The van der Waals surface area contributed by atoms with Gasteiger partial charge in [-0.2, -0.15) is 0 Å². The van der Waals surface area contributed by atoms with E-state index in [2.05, 4.69) is 74.3 Å². The van der Waals surface area contributed by atoms with Gasteiger partial charge in [-0.1, -0.05) is 59.7 Å². The molecule has 0 amide bonds. The van der Waals surface area contributed by atoms with Crippen molar-refractivity contribution in [1.82, 2.24) is 4.90 Å². The number of aryl methyl sites for hydroxylation is 2. The van der Waals surface area contributed by atoms with Gasteiger partial charge in [0.15, 0.2) is 0 Å². The first-order valence-corrected chi connectivity index (χ1v) is 8.98. The second-order valence-corrected chi connectivity index (χ2v) is 7.65. The van der Waals surface area contributed by atoms with E-state index in [-0.39, 0.29) is 0 Å². The quantitative estimate of drug-likeness (QED) is 0.751. The molecule has 2 aromatic rings. The summed E-state index contributed by atoms with van der Waals surface area (Å²) in [6, 6.07) is 20.1. The third-order valence-corrected chi connectivity index (χ3v) is 6.24. The highest BCUT2D eigenvalue weighted by molar-refractivity contribution is 5.35. The first kappa shape index (κ1) is 15.0. The molecule has 120 valence electrons. The average Bonchev–Trinajstić information content (AvgIpc) is 2.80. The van der Waals surface area contributed by atoms with Crippen molar-refractivity contribution in [1.29, 1.82) is 0 Å². The number of piperidine rings is 1. The fourth-order valence-corrected chi connectivity index (χ4v) is 4.87. The van der Waals surface area contributed by atoms with E-state index in [1.165, 1.54) is 41.5 Å². The van der Waals surface area contributed by atoms with Gasteiger partial charge in [-0.3, -0.25) is 4.90 Å². The molecular formula is C22H27N. The van der Waals surface area contributed by atoms with E-state index in [0.29, 0.717) is 17.9 Å². The first-order chi connectivity index (χ1) is 11.1. The lowest BCUT2D eigenvalue weighted by molar-refractivity contribution is 0.137. The second-order valence-electron chi connectivity index (χ2n) is 7.65. The van der Waals surface area contributed by atoms with E-state index in [1.54, 1.807) is 0 Å². The van der Waals surface area contributed by atoms with Gasteiger partial charge in [-0.15, -0.1) is 0 Å². The fourth-order valence-electron chi connectivity index (χ4n) is 4.87. The highest BCUT2D eigenvalue weighted by Gasteiger charge is 2.46. The molecule has 1 nitrogen and oxygen atoms in total. The zero-order valence-electron chi connectivity index (χ0n) is 14.5. The molecule has 4 unspecified atom stereocenters. The summed E-state index contributed by atoms with van der Waals surface area (Å²) >= 11 is 0. The van der Waals surface area contributed by atoms with Gasteiger partial charge in [-0.25, -0.2) is 0 Å². The Bertz CT molecular complexity index is 670. The normalized spacial score (nSPS) is 30.6. The third-order valence-electron chi connectivity index (χ3n) is 6.24. The van der Waals surface area contributed by atoms with Crippen molar-refractivity contribution in [2.45, 2.75) is 57.0 Å². The van der Waals surface area contributed by atoms with Crippen molar-refractivity contribution in [3.8, 4) is 0 Å². The molecule has 2 bridgehead atoms. The van der Waals surface area contributed by atoms with Crippen LogP contribution in [0.15, 0.2) is 48.5 Å². The van der Waals surface area contributed by atoms with Crippen LogP contribution in [0.3, 0.4) is 0 Å². The van der Waals surface area contributed by atoms with Gasteiger partial charge >= 0.3 is 0 Å². The summed E-state index contributed by atoms with van der Waals surface area (Å²) in [6.45, 7) is 4.36. The zero-order chi connectivity index (χ0) is 16.0. The van der Waals surface area contributed by atoms with Crippen LogP contribution < -0.4 is 0 Å². The van der Waals surface area contributed by atoms with Crippen molar-refractivity contribution in [3.05, 3.63) is 70.8 Å². The molecule has 0 aromatic heterocycles. The number of hydrogen-bond donors (Lipinski definition) is 0. The van der Waals surface area contributed by atoms with Gasteiger partial charge in [0.2, 0.25) is 0 Å². The van der Waals surface area contributed by atoms with Gasteiger partial charge in [0, 0.05) is 18.0 Å². The van der Waals surface area contributed by atoms with Crippen LogP contribution in [0.5, 0.6) is 0 Å². The smallest absolute Gasteiger partial charge is 0.0170 e.